The molecular formula is C6H12N2O. The van der Waals surface area contributed by atoms with E-state index in [1.807, 2.05) is 6.07 Å². The number of nitrogens with two attached hydrogens (primary N) is 1. The second-order valence-corrected chi connectivity index (χ2v) is 1.95. The molecule has 0 radical (unpaired) electrons. The van der Waals surface area contributed by atoms with Crippen LogP contribution in [0.4, 0.5) is 0 Å². The molecule has 3 N–H and O–H groups in total. The summed E-state index contributed by atoms with van der Waals surface area (Å²) < 4.78 is 0. The molecular weight excluding hydrogens is 116 g/mol. The fourth-order valence-corrected chi connectivity index (χ4v) is 0.541. The van der Waals surface area contributed by atoms with E-state index in [1.54, 1.807) is 0 Å². The molecule has 0 rings (SSSR count). The molecule has 0 aromatic carbocycles. The lowest BCUT2D eigenvalue weighted by Gasteiger charge is -1.98. The molecule has 0 aliphatic rings. The molecule has 0 bridgehead atoms. The lowest BCUT2D eigenvalue weighted by molar-refractivity contribution is 0.282. The summed E-state index contributed by atoms with van der Waals surface area (Å²) in [6, 6.07) is 1.57. The Kier molecular flexibility index (Phi) is 5.18. The molecule has 0 aromatic heterocycles. The molecule has 52 valence electrons. The Morgan fingerprint density at radius 1 is 1.56 bits per heavy atom. The molecule has 0 saturated heterocycles. The van der Waals surface area contributed by atoms with Gasteiger partial charge in [0.1, 0.15) is 0 Å². The second-order valence-electron chi connectivity index (χ2n) is 1.95. The van der Waals surface area contributed by atoms with E-state index in [9.17, 15) is 0 Å². The van der Waals surface area contributed by atoms with Gasteiger partial charge in [-0.1, -0.05) is 0 Å². The fourth-order valence-electron chi connectivity index (χ4n) is 0.541. The molecule has 0 fully saturated rings. The Morgan fingerprint density at radius 3 is 2.67 bits per heavy atom. The zero-order valence-corrected chi connectivity index (χ0v) is 5.38. The van der Waals surface area contributed by atoms with Crippen molar-refractivity contribution in [2.45, 2.75) is 25.3 Å². The summed E-state index contributed by atoms with van der Waals surface area (Å²) in [5.41, 5.74) is 5.27. The van der Waals surface area contributed by atoms with Gasteiger partial charge in [0.2, 0.25) is 0 Å². The van der Waals surface area contributed by atoms with E-state index in [2.05, 4.69) is 0 Å². The van der Waals surface area contributed by atoms with Crippen molar-refractivity contribution in [1.29, 1.82) is 5.26 Å². The van der Waals surface area contributed by atoms with Gasteiger partial charge in [-0.3, -0.25) is 0 Å². The van der Waals surface area contributed by atoms with E-state index < -0.39 is 0 Å². The molecule has 3 heteroatoms. The van der Waals surface area contributed by atoms with Gasteiger partial charge in [-0.05, 0) is 19.3 Å². The summed E-state index contributed by atoms with van der Waals surface area (Å²) in [4.78, 5) is 0. The first-order valence-electron chi connectivity index (χ1n) is 3.07. The molecule has 3 nitrogen and oxygen atoms in total. The van der Waals surface area contributed by atoms with Crippen LogP contribution in [0.1, 0.15) is 19.3 Å². The number of aliphatic hydroxyl groups excluding tert-OH is 1. The van der Waals surface area contributed by atoms with Crippen molar-refractivity contribution >= 4 is 0 Å². The van der Waals surface area contributed by atoms with Crippen molar-refractivity contribution in [1.82, 2.24) is 0 Å². The van der Waals surface area contributed by atoms with Gasteiger partial charge in [0, 0.05) is 6.61 Å². The molecule has 0 saturated carbocycles. The summed E-state index contributed by atoms with van der Waals surface area (Å²) in [5, 5.41) is 16.5. The highest BCUT2D eigenvalue weighted by Gasteiger charge is 1.96. The van der Waals surface area contributed by atoms with Crippen LogP contribution in [-0.2, 0) is 0 Å². The third-order valence-electron chi connectivity index (χ3n) is 1.09. The van der Waals surface area contributed by atoms with Crippen LogP contribution >= 0.6 is 0 Å². The first-order chi connectivity index (χ1) is 4.31. The van der Waals surface area contributed by atoms with Crippen LogP contribution in [0.15, 0.2) is 0 Å². The zero-order chi connectivity index (χ0) is 7.11. The Morgan fingerprint density at radius 2 is 2.22 bits per heavy atom. The molecule has 0 unspecified atom stereocenters. The van der Waals surface area contributed by atoms with Crippen LogP contribution in [0.25, 0.3) is 0 Å². The van der Waals surface area contributed by atoms with Gasteiger partial charge in [-0.15, -0.1) is 0 Å². The van der Waals surface area contributed by atoms with Crippen LogP contribution < -0.4 is 5.73 Å². The lowest BCUT2D eigenvalue weighted by Crippen LogP contribution is -2.16. The first-order valence-corrected chi connectivity index (χ1v) is 3.07. The number of nitrogens with zero attached hydrogens (tertiary/aromatic N) is 1. The highest BCUT2D eigenvalue weighted by Crippen LogP contribution is 1.96. The van der Waals surface area contributed by atoms with Gasteiger partial charge in [-0.25, -0.2) is 0 Å². The molecule has 0 aliphatic heterocycles. The van der Waals surface area contributed by atoms with Crippen LogP contribution in [0.5, 0.6) is 0 Å². The number of unbranched alkanes of at least 4 members (excludes halogenated alkanes) is 1. The number of aliphatic hydroxyl groups is 1. The standard InChI is InChI=1S/C6H12N2O/c7-5-6(8)3-1-2-4-9/h6,9H,1-4,8H2/t6-/m1/s1. The number of rotatable bonds is 4. The summed E-state index contributed by atoms with van der Waals surface area (Å²) in [7, 11) is 0. The predicted molar refractivity (Wildman–Crippen MR) is 34.5 cm³/mol. The normalized spacial score (nSPS) is 12.6. The minimum atomic E-state index is -0.350. The highest BCUT2D eigenvalue weighted by atomic mass is 16.2. The molecule has 0 heterocycles. The lowest BCUT2D eigenvalue weighted by atomic mass is 10.1. The average molecular weight is 128 g/mol. The third-order valence-corrected chi connectivity index (χ3v) is 1.09. The van der Waals surface area contributed by atoms with Gasteiger partial charge >= 0.3 is 0 Å². The van der Waals surface area contributed by atoms with Crippen molar-refractivity contribution < 1.29 is 5.11 Å². The van der Waals surface area contributed by atoms with Crippen molar-refractivity contribution in [2.24, 2.45) is 5.73 Å². The molecule has 0 aromatic rings. The van der Waals surface area contributed by atoms with Crippen molar-refractivity contribution in [3.8, 4) is 6.07 Å². The maximum absolute atomic E-state index is 8.33. The highest BCUT2D eigenvalue weighted by molar-refractivity contribution is 4.85. The molecule has 0 spiro atoms. The van der Waals surface area contributed by atoms with Crippen molar-refractivity contribution in [2.75, 3.05) is 6.61 Å². The van der Waals surface area contributed by atoms with E-state index in [0.29, 0.717) is 6.42 Å². The topological polar surface area (TPSA) is 70.0 Å². The minimum absolute atomic E-state index is 0.193. The first kappa shape index (κ1) is 8.41. The van der Waals surface area contributed by atoms with E-state index in [0.717, 1.165) is 12.8 Å². The van der Waals surface area contributed by atoms with E-state index in [1.165, 1.54) is 0 Å². The van der Waals surface area contributed by atoms with E-state index in [4.69, 9.17) is 16.1 Å². The van der Waals surface area contributed by atoms with Crippen molar-refractivity contribution in [3.63, 3.8) is 0 Å². The molecule has 9 heavy (non-hydrogen) atoms. The monoisotopic (exact) mass is 128 g/mol. The molecule has 0 aliphatic carbocycles. The molecule has 1 atom stereocenters. The fraction of sp³-hybridized carbons (Fsp3) is 0.833. The maximum Gasteiger partial charge on any atom is 0.0928 e. The smallest absolute Gasteiger partial charge is 0.0928 e. The third kappa shape index (κ3) is 5.28. The quantitative estimate of drug-likeness (QED) is 0.523. The van der Waals surface area contributed by atoms with Crippen molar-refractivity contribution in [3.05, 3.63) is 0 Å². The predicted octanol–water partition coefficient (Wildman–Crippen LogP) is -0.000120. The Balaban J connectivity index is 2.99. The van der Waals surface area contributed by atoms with E-state index in [-0.39, 0.29) is 12.6 Å². The molecule has 0 amide bonds. The number of hydrogen-bond acceptors (Lipinski definition) is 3. The Bertz CT molecular complexity index is 97.7. The Hall–Kier alpha value is -0.590. The van der Waals surface area contributed by atoms with Gasteiger partial charge in [0.25, 0.3) is 0 Å². The number of hydrogen-bond donors (Lipinski definition) is 2. The van der Waals surface area contributed by atoms with Crippen LogP contribution in [0.2, 0.25) is 0 Å². The zero-order valence-electron chi connectivity index (χ0n) is 5.38. The summed E-state index contributed by atoms with van der Waals surface area (Å²) in [6.07, 6.45) is 2.28. The van der Waals surface area contributed by atoms with E-state index >= 15 is 0 Å². The Labute approximate surface area is 55.1 Å². The van der Waals surface area contributed by atoms with Gasteiger partial charge in [0.05, 0.1) is 12.1 Å². The number of nitriles is 1. The second kappa shape index (κ2) is 5.54. The van der Waals surface area contributed by atoms with Crippen LogP contribution in [0, 0.1) is 11.3 Å². The summed E-state index contributed by atoms with van der Waals surface area (Å²) in [6.45, 7) is 0.193. The van der Waals surface area contributed by atoms with Gasteiger partial charge in [-0.2, -0.15) is 5.26 Å². The summed E-state index contributed by atoms with van der Waals surface area (Å²) in [5.74, 6) is 0. The minimum Gasteiger partial charge on any atom is -0.396 e. The summed E-state index contributed by atoms with van der Waals surface area (Å²) >= 11 is 0. The SMILES string of the molecule is N#C[C@H](N)CCCCO. The van der Waals surface area contributed by atoms with Gasteiger partial charge in [0.15, 0.2) is 0 Å². The largest absolute Gasteiger partial charge is 0.396 e. The van der Waals surface area contributed by atoms with Crippen LogP contribution in [-0.4, -0.2) is 17.8 Å². The van der Waals surface area contributed by atoms with Crippen LogP contribution in [0.3, 0.4) is 0 Å². The average Bonchev–Trinajstić information content (AvgIpc) is 1.89. The maximum atomic E-state index is 8.33. The van der Waals surface area contributed by atoms with Gasteiger partial charge < -0.3 is 10.8 Å².